The minimum absolute atomic E-state index is 0.708. The van der Waals surface area contributed by atoms with Gasteiger partial charge in [0.2, 0.25) is 0 Å². The lowest BCUT2D eigenvalue weighted by atomic mass is 10.5. The molecular weight excluding hydrogens is 194 g/mol. The first-order chi connectivity index (χ1) is 4.83. The third kappa shape index (κ3) is 2.04. The molecule has 0 saturated carbocycles. The van der Waals surface area contributed by atoms with Crippen LogP contribution in [0.1, 0.15) is 5.82 Å². The maximum Gasteiger partial charge on any atom is 0.143 e. The number of nitrogens with one attached hydrogen (secondary N) is 1. The first-order valence-electron chi connectivity index (χ1n) is 2.95. The molecule has 0 saturated heterocycles. The summed E-state index contributed by atoms with van der Waals surface area (Å²) < 4.78 is 0.827. The summed E-state index contributed by atoms with van der Waals surface area (Å²) in [5.74, 6) is 0.803. The second-order valence-corrected chi connectivity index (χ2v) is 2.64. The van der Waals surface area contributed by atoms with Gasteiger partial charge in [-0.05, 0) is 29.0 Å². The van der Waals surface area contributed by atoms with Crippen molar-refractivity contribution >= 4 is 15.9 Å². The minimum Gasteiger partial charge on any atom is -0.313 e. The van der Waals surface area contributed by atoms with Crippen molar-refractivity contribution in [3.63, 3.8) is 0 Å². The smallest absolute Gasteiger partial charge is 0.143 e. The summed E-state index contributed by atoms with van der Waals surface area (Å²) >= 11 is 3.25. The van der Waals surface area contributed by atoms with E-state index in [-0.39, 0.29) is 0 Å². The second-order valence-electron chi connectivity index (χ2n) is 1.83. The molecule has 3 nitrogen and oxygen atoms in total. The van der Waals surface area contributed by atoms with Crippen molar-refractivity contribution < 1.29 is 0 Å². The molecule has 0 aliphatic carbocycles. The quantitative estimate of drug-likeness (QED) is 0.725. The van der Waals surface area contributed by atoms with Crippen LogP contribution in [0.4, 0.5) is 0 Å². The van der Waals surface area contributed by atoms with Crippen molar-refractivity contribution in [2.45, 2.75) is 6.54 Å². The van der Waals surface area contributed by atoms with Crippen LogP contribution < -0.4 is 5.32 Å². The van der Waals surface area contributed by atoms with Gasteiger partial charge in [-0.2, -0.15) is 0 Å². The Bertz CT molecular complexity index is 214. The Labute approximate surface area is 68.0 Å². The normalized spacial score (nSPS) is 9.80. The number of nitrogens with zero attached hydrogens (tertiary/aromatic N) is 2. The first kappa shape index (κ1) is 7.63. The summed E-state index contributed by atoms with van der Waals surface area (Å²) in [6, 6.07) is 1.80. The van der Waals surface area contributed by atoms with Gasteiger partial charge in [-0.15, -0.1) is 0 Å². The first-order valence-corrected chi connectivity index (χ1v) is 3.74. The molecule has 0 amide bonds. The van der Waals surface area contributed by atoms with Crippen molar-refractivity contribution in [2.24, 2.45) is 0 Å². The van der Waals surface area contributed by atoms with E-state index in [1.807, 2.05) is 7.05 Å². The van der Waals surface area contributed by atoms with Gasteiger partial charge in [0.1, 0.15) is 10.4 Å². The Morgan fingerprint density at radius 2 is 2.50 bits per heavy atom. The van der Waals surface area contributed by atoms with Gasteiger partial charge in [0.25, 0.3) is 0 Å². The Hall–Kier alpha value is -0.480. The Morgan fingerprint density at radius 3 is 3.10 bits per heavy atom. The highest BCUT2D eigenvalue weighted by atomic mass is 79.9. The molecule has 0 spiro atoms. The molecular formula is C6H8BrN3. The van der Waals surface area contributed by atoms with Crippen molar-refractivity contribution in [2.75, 3.05) is 7.05 Å². The summed E-state index contributed by atoms with van der Waals surface area (Å²) in [5.41, 5.74) is 0. The maximum absolute atomic E-state index is 4.11. The molecule has 54 valence electrons. The van der Waals surface area contributed by atoms with E-state index >= 15 is 0 Å². The molecule has 1 heterocycles. The van der Waals surface area contributed by atoms with Gasteiger partial charge < -0.3 is 5.32 Å². The van der Waals surface area contributed by atoms with E-state index in [2.05, 4.69) is 31.2 Å². The van der Waals surface area contributed by atoms with Crippen LogP contribution in [0.2, 0.25) is 0 Å². The number of hydrogen-bond acceptors (Lipinski definition) is 3. The highest BCUT2D eigenvalue weighted by Gasteiger charge is 1.92. The van der Waals surface area contributed by atoms with Crippen LogP contribution in [-0.2, 0) is 6.54 Å². The molecule has 0 fully saturated rings. The van der Waals surface area contributed by atoms with Crippen LogP contribution in [0.3, 0.4) is 0 Å². The fourth-order valence-electron chi connectivity index (χ4n) is 0.618. The fourth-order valence-corrected chi connectivity index (χ4v) is 0.940. The summed E-state index contributed by atoms with van der Waals surface area (Å²) in [4.78, 5) is 8.13. The van der Waals surface area contributed by atoms with Gasteiger partial charge in [0, 0.05) is 6.20 Å². The van der Waals surface area contributed by atoms with Crippen molar-refractivity contribution in [3.8, 4) is 0 Å². The zero-order chi connectivity index (χ0) is 7.40. The molecule has 1 aromatic heterocycles. The number of halogens is 1. The summed E-state index contributed by atoms with van der Waals surface area (Å²) in [7, 11) is 1.87. The molecule has 4 heteroatoms. The third-order valence-electron chi connectivity index (χ3n) is 1.01. The van der Waals surface area contributed by atoms with Crippen molar-refractivity contribution in [3.05, 3.63) is 22.7 Å². The van der Waals surface area contributed by atoms with Crippen LogP contribution in [-0.4, -0.2) is 17.0 Å². The van der Waals surface area contributed by atoms with Crippen molar-refractivity contribution in [1.82, 2.24) is 15.3 Å². The SMILES string of the molecule is CNCc1nccc(Br)n1. The van der Waals surface area contributed by atoms with Crippen molar-refractivity contribution in [1.29, 1.82) is 0 Å². The van der Waals surface area contributed by atoms with Crippen LogP contribution in [0.25, 0.3) is 0 Å². The average Bonchev–Trinajstić information content (AvgIpc) is 1.88. The Morgan fingerprint density at radius 1 is 1.70 bits per heavy atom. The summed E-state index contributed by atoms with van der Waals surface area (Å²) in [6.07, 6.45) is 1.73. The molecule has 0 unspecified atom stereocenters. The predicted octanol–water partition coefficient (Wildman–Crippen LogP) is 0.958. The number of hydrogen-bond donors (Lipinski definition) is 1. The fraction of sp³-hybridized carbons (Fsp3) is 0.333. The van der Waals surface area contributed by atoms with Gasteiger partial charge in [-0.25, -0.2) is 9.97 Å². The topological polar surface area (TPSA) is 37.8 Å². The Balaban J connectivity index is 2.75. The standard InChI is InChI=1S/C6H8BrN3/c1-8-4-6-9-3-2-5(7)10-6/h2-3,8H,4H2,1H3. The lowest BCUT2D eigenvalue weighted by Gasteiger charge is -1.96. The molecule has 10 heavy (non-hydrogen) atoms. The zero-order valence-corrected chi connectivity index (χ0v) is 7.22. The molecule has 0 bridgehead atoms. The van der Waals surface area contributed by atoms with E-state index in [0.29, 0.717) is 6.54 Å². The van der Waals surface area contributed by atoms with Gasteiger partial charge in [-0.3, -0.25) is 0 Å². The molecule has 0 aliphatic rings. The van der Waals surface area contributed by atoms with E-state index in [4.69, 9.17) is 0 Å². The van der Waals surface area contributed by atoms with Crippen LogP contribution >= 0.6 is 15.9 Å². The lowest BCUT2D eigenvalue weighted by molar-refractivity contribution is 0.754. The molecule has 0 radical (unpaired) electrons. The monoisotopic (exact) mass is 201 g/mol. The van der Waals surface area contributed by atoms with Gasteiger partial charge in [0.05, 0.1) is 6.54 Å². The molecule has 1 rings (SSSR count). The van der Waals surface area contributed by atoms with Crippen LogP contribution in [0, 0.1) is 0 Å². The highest BCUT2D eigenvalue weighted by Crippen LogP contribution is 2.02. The molecule has 0 aliphatic heterocycles. The van der Waals surface area contributed by atoms with Crippen LogP contribution in [0.15, 0.2) is 16.9 Å². The minimum atomic E-state index is 0.708. The lowest BCUT2D eigenvalue weighted by Crippen LogP contribution is -2.08. The summed E-state index contributed by atoms with van der Waals surface area (Å²) in [5, 5.41) is 2.97. The third-order valence-corrected chi connectivity index (χ3v) is 1.45. The average molecular weight is 202 g/mol. The van der Waals surface area contributed by atoms with Crippen LogP contribution in [0.5, 0.6) is 0 Å². The van der Waals surface area contributed by atoms with Gasteiger partial charge in [-0.1, -0.05) is 0 Å². The highest BCUT2D eigenvalue weighted by molar-refractivity contribution is 9.10. The molecule has 1 N–H and O–H groups in total. The maximum atomic E-state index is 4.11. The summed E-state index contributed by atoms with van der Waals surface area (Å²) in [6.45, 7) is 0.708. The van der Waals surface area contributed by atoms with Gasteiger partial charge >= 0.3 is 0 Å². The van der Waals surface area contributed by atoms with E-state index in [1.165, 1.54) is 0 Å². The second kappa shape index (κ2) is 3.63. The molecule has 0 atom stereocenters. The predicted molar refractivity (Wildman–Crippen MR) is 42.5 cm³/mol. The van der Waals surface area contributed by atoms with E-state index in [9.17, 15) is 0 Å². The van der Waals surface area contributed by atoms with Gasteiger partial charge in [0.15, 0.2) is 0 Å². The molecule has 0 aromatic carbocycles. The largest absolute Gasteiger partial charge is 0.313 e. The number of aromatic nitrogens is 2. The zero-order valence-electron chi connectivity index (χ0n) is 5.63. The molecule has 1 aromatic rings. The van der Waals surface area contributed by atoms with E-state index in [1.54, 1.807) is 12.3 Å². The Kier molecular flexibility index (Phi) is 2.77. The number of rotatable bonds is 2. The van der Waals surface area contributed by atoms with E-state index in [0.717, 1.165) is 10.4 Å². The van der Waals surface area contributed by atoms with E-state index < -0.39 is 0 Å².